The predicted octanol–water partition coefficient (Wildman–Crippen LogP) is 3.88. The van der Waals surface area contributed by atoms with Gasteiger partial charge in [0.15, 0.2) is 6.61 Å². The number of nitrogens with one attached hydrogen (secondary N) is 1. The van der Waals surface area contributed by atoms with E-state index in [1.54, 1.807) is 31.4 Å². The molecule has 30 heavy (non-hydrogen) atoms. The van der Waals surface area contributed by atoms with Gasteiger partial charge in [-0.1, -0.05) is 72.8 Å². The van der Waals surface area contributed by atoms with Crippen LogP contribution in [0.4, 0.5) is 0 Å². The van der Waals surface area contributed by atoms with Gasteiger partial charge in [0.25, 0.3) is 5.91 Å². The molecule has 0 radical (unpaired) electrons. The molecule has 3 rings (SSSR count). The van der Waals surface area contributed by atoms with Crippen molar-refractivity contribution in [1.29, 1.82) is 0 Å². The molecule has 0 heterocycles. The van der Waals surface area contributed by atoms with E-state index in [1.165, 1.54) is 0 Å². The monoisotopic (exact) mass is 403 g/mol. The number of benzene rings is 3. The van der Waals surface area contributed by atoms with Crippen LogP contribution in [0.2, 0.25) is 0 Å². The first-order valence-electron chi connectivity index (χ1n) is 9.81. The van der Waals surface area contributed by atoms with Crippen LogP contribution in [0.15, 0.2) is 84.9 Å². The lowest BCUT2D eigenvalue weighted by molar-refractivity contribution is -0.148. The van der Waals surface area contributed by atoms with E-state index in [0.29, 0.717) is 6.42 Å². The zero-order chi connectivity index (χ0) is 21.2. The summed E-state index contributed by atoms with van der Waals surface area (Å²) in [6.07, 6.45) is 0.750. The zero-order valence-electron chi connectivity index (χ0n) is 16.9. The standard InChI is InChI=1S/C25H25NO4/c1-29-22-14-12-20(13-15-22)17-25(28)30-18-24(27)26-23(21-10-6-3-7-11-21)16-19-8-4-2-5-9-19/h2-15,23H,16-18H2,1H3,(H,26,27)/t23-/m0/s1. The second-order valence-electron chi connectivity index (χ2n) is 6.91. The molecule has 1 amide bonds. The quantitative estimate of drug-likeness (QED) is 0.551. The van der Waals surface area contributed by atoms with E-state index >= 15 is 0 Å². The summed E-state index contributed by atoms with van der Waals surface area (Å²) in [7, 11) is 1.59. The van der Waals surface area contributed by atoms with Gasteiger partial charge in [0.05, 0.1) is 19.6 Å². The van der Waals surface area contributed by atoms with E-state index in [9.17, 15) is 9.59 Å². The molecule has 0 aliphatic rings. The number of ether oxygens (including phenoxy) is 2. The maximum absolute atomic E-state index is 12.5. The lowest BCUT2D eigenvalue weighted by Gasteiger charge is -2.19. The van der Waals surface area contributed by atoms with Crippen LogP contribution >= 0.6 is 0 Å². The summed E-state index contributed by atoms with van der Waals surface area (Å²) in [5, 5.41) is 2.98. The third kappa shape index (κ3) is 6.48. The molecule has 1 N–H and O–H groups in total. The molecular formula is C25H25NO4. The third-order valence-corrected chi connectivity index (χ3v) is 4.69. The average molecular weight is 403 g/mol. The van der Waals surface area contributed by atoms with Crippen LogP contribution < -0.4 is 10.1 Å². The number of rotatable bonds is 9. The topological polar surface area (TPSA) is 64.6 Å². The van der Waals surface area contributed by atoms with E-state index in [2.05, 4.69) is 5.32 Å². The lowest BCUT2D eigenvalue weighted by atomic mass is 9.99. The van der Waals surface area contributed by atoms with Crippen molar-refractivity contribution < 1.29 is 19.1 Å². The Hall–Kier alpha value is -3.60. The normalized spacial score (nSPS) is 11.4. The van der Waals surface area contributed by atoms with Gasteiger partial charge in [-0.2, -0.15) is 0 Å². The highest BCUT2D eigenvalue weighted by atomic mass is 16.5. The average Bonchev–Trinajstić information content (AvgIpc) is 2.79. The van der Waals surface area contributed by atoms with Crippen molar-refractivity contribution in [2.45, 2.75) is 18.9 Å². The smallest absolute Gasteiger partial charge is 0.310 e. The molecule has 5 nitrogen and oxygen atoms in total. The predicted molar refractivity (Wildman–Crippen MR) is 115 cm³/mol. The largest absolute Gasteiger partial charge is 0.497 e. The molecule has 0 saturated heterocycles. The Kier molecular flexibility index (Phi) is 7.61. The minimum atomic E-state index is -0.449. The highest BCUT2D eigenvalue weighted by Gasteiger charge is 2.16. The molecule has 3 aromatic rings. The van der Waals surface area contributed by atoms with Crippen LogP contribution in [0, 0.1) is 0 Å². The number of amides is 1. The second-order valence-corrected chi connectivity index (χ2v) is 6.91. The lowest BCUT2D eigenvalue weighted by Crippen LogP contribution is -2.33. The van der Waals surface area contributed by atoms with Crippen LogP contribution in [0.1, 0.15) is 22.7 Å². The van der Waals surface area contributed by atoms with Gasteiger partial charge in [-0.25, -0.2) is 0 Å². The minimum absolute atomic E-state index is 0.101. The Balaban J connectivity index is 1.55. The molecule has 0 saturated carbocycles. The Morgan fingerprint density at radius 3 is 2.10 bits per heavy atom. The number of hydrogen-bond acceptors (Lipinski definition) is 4. The zero-order valence-corrected chi connectivity index (χ0v) is 16.9. The van der Waals surface area contributed by atoms with Gasteiger partial charge in [0.2, 0.25) is 0 Å². The fourth-order valence-corrected chi connectivity index (χ4v) is 3.13. The van der Waals surface area contributed by atoms with E-state index in [-0.39, 0.29) is 25.0 Å². The van der Waals surface area contributed by atoms with E-state index in [1.807, 2.05) is 60.7 Å². The summed E-state index contributed by atoms with van der Waals surface area (Å²) < 4.78 is 10.3. The van der Waals surface area contributed by atoms with Gasteiger partial charge in [-0.3, -0.25) is 9.59 Å². The van der Waals surface area contributed by atoms with Crippen molar-refractivity contribution in [3.63, 3.8) is 0 Å². The highest BCUT2D eigenvalue weighted by molar-refractivity contribution is 5.81. The molecular weight excluding hydrogens is 378 g/mol. The number of hydrogen-bond donors (Lipinski definition) is 1. The summed E-state index contributed by atoms with van der Waals surface area (Å²) in [6.45, 7) is -0.312. The fourth-order valence-electron chi connectivity index (χ4n) is 3.13. The van der Waals surface area contributed by atoms with Crippen LogP contribution in [0.3, 0.4) is 0 Å². The molecule has 0 aliphatic heterocycles. The summed E-state index contributed by atoms with van der Waals surface area (Å²) in [5.41, 5.74) is 2.91. The first kappa shape index (κ1) is 21.1. The summed E-state index contributed by atoms with van der Waals surface area (Å²) >= 11 is 0. The van der Waals surface area contributed by atoms with Gasteiger partial charge in [-0.15, -0.1) is 0 Å². The molecule has 0 aliphatic carbocycles. The van der Waals surface area contributed by atoms with Crippen molar-refractivity contribution in [1.82, 2.24) is 5.32 Å². The van der Waals surface area contributed by atoms with E-state index < -0.39 is 5.97 Å². The van der Waals surface area contributed by atoms with Crippen LogP contribution in [-0.2, 0) is 27.2 Å². The first-order chi connectivity index (χ1) is 14.6. The van der Waals surface area contributed by atoms with Gasteiger partial charge in [0, 0.05) is 0 Å². The molecule has 0 bridgehead atoms. The van der Waals surface area contributed by atoms with Gasteiger partial charge in [0.1, 0.15) is 5.75 Å². The Bertz CT molecular complexity index is 940. The Labute approximate surface area is 176 Å². The number of esters is 1. The van der Waals surface area contributed by atoms with Crippen molar-refractivity contribution >= 4 is 11.9 Å². The molecule has 154 valence electrons. The van der Waals surface area contributed by atoms with Gasteiger partial charge < -0.3 is 14.8 Å². The number of carbonyl (C=O) groups excluding carboxylic acids is 2. The Morgan fingerprint density at radius 2 is 1.47 bits per heavy atom. The summed E-state index contributed by atoms with van der Waals surface area (Å²) in [5.74, 6) is -0.0608. The molecule has 1 atom stereocenters. The van der Waals surface area contributed by atoms with Crippen LogP contribution in [-0.4, -0.2) is 25.6 Å². The van der Waals surface area contributed by atoms with Crippen molar-refractivity contribution in [3.05, 3.63) is 102 Å². The summed E-state index contributed by atoms with van der Waals surface area (Å²) in [4.78, 5) is 24.5. The molecule has 5 heteroatoms. The number of methoxy groups -OCH3 is 1. The van der Waals surface area contributed by atoms with Crippen molar-refractivity contribution in [3.8, 4) is 5.75 Å². The van der Waals surface area contributed by atoms with E-state index in [0.717, 1.165) is 22.4 Å². The second kappa shape index (κ2) is 10.8. The van der Waals surface area contributed by atoms with Gasteiger partial charge >= 0.3 is 5.97 Å². The van der Waals surface area contributed by atoms with Crippen molar-refractivity contribution in [2.75, 3.05) is 13.7 Å². The molecule has 0 fully saturated rings. The molecule has 0 unspecified atom stereocenters. The van der Waals surface area contributed by atoms with E-state index in [4.69, 9.17) is 9.47 Å². The molecule has 0 aromatic heterocycles. The number of carbonyl (C=O) groups is 2. The first-order valence-corrected chi connectivity index (χ1v) is 9.81. The van der Waals surface area contributed by atoms with Crippen molar-refractivity contribution in [2.24, 2.45) is 0 Å². The minimum Gasteiger partial charge on any atom is -0.497 e. The summed E-state index contributed by atoms with van der Waals surface area (Å²) in [6, 6.07) is 26.7. The SMILES string of the molecule is COc1ccc(CC(=O)OCC(=O)N[C@@H](Cc2ccccc2)c2ccccc2)cc1. The maximum Gasteiger partial charge on any atom is 0.310 e. The molecule has 0 spiro atoms. The van der Waals surface area contributed by atoms with Crippen LogP contribution in [0.25, 0.3) is 0 Å². The fraction of sp³-hybridized carbons (Fsp3) is 0.200. The van der Waals surface area contributed by atoms with Crippen LogP contribution in [0.5, 0.6) is 5.75 Å². The maximum atomic E-state index is 12.5. The van der Waals surface area contributed by atoms with Gasteiger partial charge in [-0.05, 0) is 35.2 Å². The third-order valence-electron chi connectivity index (χ3n) is 4.69. The molecule has 3 aromatic carbocycles. The highest BCUT2D eigenvalue weighted by Crippen LogP contribution is 2.18. The Morgan fingerprint density at radius 1 is 0.833 bits per heavy atom.